The Balaban J connectivity index is 1.60. The first-order valence-corrected chi connectivity index (χ1v) is 10.3. The standard InChI is InChI=1S/C21H23N5O3S/c1-4-26-20(15-9-11-17(28-2)12-10-15)24-25-21(26)30-14-19(27)23-22-13-16-7-5-6-8-18(16)29-3/h5-13H,4,14H2,1-3H3,(H,23,27)/b22-13+. The van der Waals surface area contributed by atoms with Gasteiger partial charge in [0.1, 0.15) is 11.5 Å². The van der Waals surface area contributed by atoms with Crippen molar-refractivity contribution in [1.29, 1.82) is 0 Å². The molecule has 1 N–H and O–H groups in total. The van der Waals surface area contributed by atoms with Crippen molar-refractivity contribution in [2.45, 2.75) is 18.6 Å². The molecule has 0 unspecified atom stereocenters. The molecule has 1 aromatic heterocycles. The minimum absolute atomic E-state index is 0.171. The summed E-state index contributed by atoms with van der Waals surface area (Å²) in [6, 6.07) is 15.1. The van der Waals surface area contributed by atoms with Crippen molar-refractivity contribution < 1.29 is 14.3 Å². The van der Waals surface area contributed by atoms with Crippen molar-refractivity contribution in [2.75, 3.05) is 20.0 Å². The lowest BCUT2D eigenvalue weighted by Gasteiger charge is -2.07. The summed E-state index contributed by atoms with van der Waals surface area (Å²) in [5.41, 5.74) is 4.24. The maximum absolute atomic E-state index is 12.2. The number of thioether (sulfide) groups is 1. The number of para-hydroxylation sites is 1. The number of nitrogens with one attached hydrogen (secondary N) is 1. The molecule has 2 aromatic carbocycles. The van der Waals surface area contributed by atoms with Crippen molar-refractivity contribution in [3.05, 3.63) is 54.1 Å². The summed E-state index contributed by atoms with van der Waals surface area (Å²) in [5, 5.41) is 13.2. The smallest absolute Gasteiger partial charge is 0.250 e. The Kier molecular flexibility index (Phi) is 7.45. The summed E-state index contributed by atoms with van der Waals surface area (Å²) in [7, 11) is 3.22. The third-order valence-corrected chi connectivity index (χ3v) is 5.21. The van der Waals surface area contributed by atoms with Gasteiger partial charge in [-0.15, -0.1) is 10.2 Å². The molecule has 8 nitrogen and oxygen atoms in total. The monoisotopic (exact) mass is 425 g/mol. The zero-order chi connectivity index (χ0) is 21.3. The Labute approximate surface area is 179 Å². The summed E-state index contributed by atoms with van der Waals surface area (Å²) < 4.78 is 12.4. The largest absolute Gasteiger partial charge is 0.497 e. The van der Waals surface area contributed by atoms with E-state index >= 15 is 0 Å². The summed E-state index contributed by atoms with van der Waals surface area (Å²) in [4.78, 5) is 12.2. The molecule has 30 heavy (non-hydrogen) atoms. The molecule has 0 saturated heterocycles. The lowest BCUT2D eigenvalue weighted by Crippen LogP contribution is -2.20. The highest BCUT2D eigenvalue weighted by Gasteiger charge is 2.14. The van der Waals surface area contributed by atoms with Gasteiger partial charge < -0.3 is 14.0 Å². The van der Waals surface area contributed by atoms with Gasteiger partial charge in [-0.3, -0.25) is 4.79 Å². The van der Waals surface area contributed by atoms with Crippen LogP contribution in [0.2, 0.25) is 0 Å². The van der Waals surface area contributed by atoms with Crippen LogP contribution in [0.1, 0.15) is 12.5 Å². The van der Waals surface area contributed by atoms with E-state index in [4.69, 9.17) is 9.47 Å². The number of hydrazone groups is 1. The minimum atomic E-state index is -0.234. The molecule has 9 heteroatoms. The van der Waals surface area contributed by atoms with Gasteiger partial charge in [0.2, 0.25) is 0 Å². The third-order valence-electron chi connectivity index (χ3n) is 4.25. The van der Waals surface area contributed by atoms with Gasteiger partial charge in [-0.25, -0.2) is 5.43 Å². The van der Waals surface area contributed by atoms with E-state index < -0.39 is 0 Å². The topological polar surface area (TPSA) is 90.6 Å². The fourth-order valence-corrected chi connectivity index (χ4v) is 3.54. The van der Waals surface area contributed by atoms with Crippen molar-refractivity contribution in [3.63, 3.8) is 0 Å². The van der Waals surface area contributed by atoms with Crippen molar-refractivity contribution in [1.82, 2.24) is 20.2 Å². The van der Waals surface area contributed by atoms with Crippen molar-refractivity contribution in [3.8, 4) is 22.9 Å². The number of hydrogen-bond donors (Lipinski definition) is 1. The van der Waals surface area contributed by atoms with E-state index in [-0.39, 0.29) is 11.7 Å². The number of rotatable bonds is 9. The van der Waals surface area contributed by atoms with Gasteiger partial charge >= 0.3 is 0 Å². The highest BCUT2D eigenvalue weighted by atomic mass is 32.2. The second-order valence-electron chi connectivity index (χ2n) is 6.10. The molecule has 0 radical (unpaired) electrons. The van der Waals surface area contributed by atoms with E-state index in [0.29, 0.717) is 17.5 Å². The molecular formula is C21H23N5O3S. The maximum Gasteiger partial charge on any atom is 0.250 e. The first-order chi connectivity index (χ1) is 14.7. The number of ether oxygens (including phenoxy) is 2. The molecule has 0 aliphatic carbocycles. The molecule has 1 heterocycles. The van der Waals surface area contributed by atoms with Crippen LogP contribution in [-0.4, -0.2) is 46.9 Å². The quantitative estimate of drug-likeness (QED) is 0.322. The predicted octanol–water partition coefficient (Wildman–Crippen LogP) is 3.22. The zero-order valence-corrected chi connectivity index (χ0v) is 17.8. The molecule has 0 aliphatic heterocycles. The molecule has 0 bridgehead atoms. The number of carbonyl (C=O) groups excluding carboxylic acids is 1. The van der Waals surface area contributed by atoms with Crippen LogP contribution in [-0.2, 0) is 11.3 Å². The lowest BCUT2D eigenvalue weighted by molar-refractivity contribution is -0.118. The van der Waals surface area contributed by atoms with Crippen LogP contribution >= 0.6 is 11.8 Å². The highest BCUT2D eigenvalue weighted by Crippen LogP contribution is 2.25. The highest BCUT2D eigenvalue weighted by molar-refractivity contribution is 7.99. The molecule has 1 amide bonds. The van der Waals surface area contributed by atoms with Crippen LogP contribution in [0.25, 0.3) is 11.4 Å². The van der Waals surface area contributed by atoms with Crippen LogP contribution in [0, 0.1) is 0 Å². The van der Waals surface area contributed by atoms with E-state index in [2.05, 4.69) is 20.7 Å². The van der Waals surface area contributed by atoms with Crippen LogP contribution in [0.4, 0.5) is 0 Å². The molecule has 0 spiro atoms. The number of carbonyl (C=O) groups is 1. The van der Waals surface area contributed by atoms with Crippen molar-refractivity contribution in [2.24, 2.45) is 5.10 Å². The van der Waals surface area contributed by atoms with Gasteiger partial charge in [-0.05, 0) is 43.3 Å². The Hall–Kier alpha value is -3.33. The van der Waals surface area contributed by atoms with E-state index in [1.54, 1.807) is 20.4 Å². The molecule has 0 fully saturated rings. The second kappa shape index (κ2) is 10.4. The minimum Gasteiger partial charge on any atom is -0.497 e. The summed E-state index contributed by atoms with van der Waals surface area (Å²) in [6.45, 7) is 2.70. The van der Waals surface area contributed by atoms with E-state index in [0.717, 1.165) is 22.7 Å². The average molecular weight is 426 g/mol. The Bertz CT molecular complexity index is 1020. The Morgan fingerprint density at radius 1 is 1.13 bits per heavy atom. The first kappa shape index (κ1) is 21.4. The fourth-order valence-electron chi connectivity index (χ4n) is 2.74. The van der Waals surface area contributed by atoms with Gasteiger partial charge in [0.05, 0.1) is 26.2 Å². The summed E-state index contributed by atoms with van der Waals surface area (Å²) in [5.74, 6) is 2.15. The third kappa shape index (κ3) is 5.18. The molecular weight excluding hydrogens is 402 g/mol. The van der Waals surface area contributed by atoms with Crippen LogP contribution < -0.4 is 14.9 Å². The number of benzene rings is 2. The second-order valence-corrected chi connectivity index (χ2v) is 7.05. The predicted molar refractivity (Wildman–Crippen MR) is 117 cm³/mol. The lowest BCUT2D eigenvalue weighted by atomic mass is 10.2. The normalized spacial score (nSPS) is 10.9. The molecule has 0 aliphatic rings. The van der Waals surface area contributed by atoms with Crippen LogP contribution in [0.3, 0.4) is 0 Å². The zero-order valence-electron chi connectivity index (χ0n) is 17.0. The van der Waals surface area contributed by atoms with Crippen molar-refractivity contribution >= 4 is 23.9 Å². The number of nitrogens with zero attached hydrogens (tertiary/aromatic N) is 4. The van der Waals surface area contributed by atoms with Gasteiger partial charge in [0, 0.05) is 17.7 Å². The number of methoxy groups -OCH3 is 2. The molecule has 3 aromatic rings. The van der Waals surface area contributed by atoms with Gasteiger partial charge in [0.25, 0.3) is 5.91 Å². The molecule has 3 rings (SSSR count). The van der Waals surface area contributed by atoms with E-state index in [9.17, 15) is 4.79 Å². The molecule has 156 valence electrons. The number of hydrogen-bond acceptors (Lipinski definition) is 7. The van der Waals surface area contributed by atoms with E-state index in [1.807, 2.05) is 60.0 Å². The fraction of sp³-hybridized carbons (Fsp3) is 0.238. The maximum atomic E-state index is 12.2. The molecule has 0 atom stereocenters. The summed E-state index contributed by atoms with van der Waals surface area (Å²) in [6.07, 6.45) is 1.55. The van der Waals surface area contributed by atoms with Gasteiger partial charge in [0.15, 0.2) is 11.0 Å². The Morgan fingerprint density at radius 2 is 1.90 bits per heavy atom. The average Bonchev–Trinajstić information content (AvgIpc) is 3.21. The summed E-state index contributed by atoms with van der Waals surface area (Å²) >= 11 is 1.31. The van der Waals surface area contributed by atoms with E-state index in [1.165, 1.54) is 11.8 Å². The number of amides is 1. The molecule has 0 saturated carbocycles. The SMILES string of the molecule is CCn1c(SCC(=O)N/N=C/c2ccccc2OC)nnc1-c1ccc(OC)cc1. The Morgan fingerprint density at radius 3 is 2.60 bits per heavy atom. The number of aromatic nitrogens is 3. The van der Waals surface area contributed by atoms with Gasteiger partial charge in [-0.1, -0.05) is 23.9 Å². The van der Waals surface area contributed by atoms with Crippen LogP contribution in [0.15, 0.2) is 58.8 Å². The van der Waals surface area contributed by atoms with Gasteiger partial charge in [-0.2, -0.15) is 5.10 Å². The van der Waals surface area contributed by atoms with Crippen LogP contribution in [0.5, 0.6) is 11.5 Å². The first-order valence-electron chi connectivity index (χ1n) is 9.31.